The number of nitrogens with zero attached hydrogens (tertiary/aromatic N) is 5. The Kier molecular flexibility index (Phi) is 22.1. The maximum atomic E-state index is 6.19. The molecule has 10 heteroatoms. The standard InChI is InChI=1S/C27H38.C22H29NO.C18H16N2S3.C8H8N2S/c1-5-7-9-11-17-27(18-12-10-8-6-2)25-19-21(3)13-15-23(25)24-16-14-22(4)20-26(24)27;1-4-5-6-7-8-9-14-23-19-12-10-17(2)15-21(19)24-22-16-18(3)11-13-20(22)23;1-9-7-15(21-11(9)3)13-5-6-14(18-17(13)19-23-20-18)16-8-10(2)12(4)22-16;1-5-3-4-6(2)8-7(5)9-11-10-8/h13-16,19-20H,5-12,17-18H2,1-4H3;10-13,15-16H,4-9,14H2,1-3H3;5-8H,1-4H3;3-4H,1-2H3. The van der Waals surface area contributed by atoms with Crippen molar-refractivity contribution in [3.63, 3.8) is 0 Å². The summed E-state index contributed by atoms with van der Waals surface area (Å²) in [4.78, 5) is 7.73. The fraction of sp³-hybridized carbons (Fsp3) is 0.413. The Morgan fingerprint density at radius 2 is 0.753 bits per heavy atom. The van der Waals surface area contributed by atoms with Gasteiger partial charge in [0.25, 0.3) is 0 Å². The lowest BCUT2D eigenvalue weighted by atomic mass is 9.70. The Morgan fingerprint density at radius 1 is 0.376 bits per heavy atom. The van der Waals surface area contributed by atoms with Crippen LogP contribution in [0, 0.1) is 69.2 Å². The summed E-state index contributed by atoms with van der Waals surface area (Å²) in [5.74, 6) is 1.97. The molecule has 0 amide bonds. The van der Waals surface area contributed by atoms with Crippen LogP contribution >= 0.6 is 46.1 Å². The summed E-state index contributed by atoms with van der Waals surface area (Å²) >= 11 is 6.25. The van der Waals surface area contributed by atoms with Gasteiger partial charge < -0.3 is 9.64 Å². The first-order chi connectivity index (χ1) is 41.1. The molecule has 0 fully saturated rings. The van der Waals surface area contributed by atoms with Crippen LogP contribution in [0.4, 0.5) is 11.4 Å². The van der Waals surface area contributed by atoms with Crippen LogP contribution in [-0.2, 0) is 5.41 Å². The van der Waals surface area contributed by atoms with Crippen LogP contribution in [0.1, 0.15) is 189 Å². The lowest BCUT2D eigenvalue weighted by Gasteiger charge is -2.33. The number of unbranched alkanes of at least 4 members (excludes halogenated alkanes) is 11. The van der Waals surface area contributed by atoms with E-state index < -0.39 is 0 Å². The molecule has 4 aromatic heterocycles. The maximum absolute atomic E-state index is 6.19. The van der Waals surface area contributed by atoms with Crippen LogP contribution in [0.2, 0.25) is 0 Å². The highest BCUT2D eigenvalue weighted by Gasteiger charge is 2.42. The first-order valence-electron chi connectivity index (χ1n) is 31.6. The van der Waals surface area contributed by atoms with Gasteiger partial charge in [-0.25, -0.2) is 0 Å². The Bertz CT molecular complexity index is 3570. The van der Waals surface area contributed by atoms with Crippen LogP contribution < -0.4 is 9.64 Å². The average Bonchev–Trinajstić information content (AvgIpc) is 1.70. The summed E-state index contributed by atoms with van der Waals surface area (Å²) < 4.78 is 23.8. The van der Waals surface area contributed by atoms with E-state index in [2.05, 4.69) is 222 Å². The van der Waals surface area contributed by atoms with Gasteiger partial charge >= 0.3 is 0 Å². The third-order valence-electron chi connectivity index (χ3n) is 17.5. The zero-order chi connectivity index (χ0) is 60.2. The van der Waals surface area contributed by atoms with Crippen molar-refractivity contribution in [1.29, 1.82) is 0 Å². The van der Waals surface area contributed by atoms with E-state index >= 15 is 0 Å². The van der Waals surface area contributed by atoms with E-state index in [0.717, 1.165) is 40.1 Å². The number of benzene rings is 6. The lowest BCUT2D eigenvalue weighted by Crippen LogP contribution is -2.25. The molecule has 0 radical (unpaired) electrons. The molecule has 0 N–H and O–H groups in total. The lowest BCUT2D eigenvalue weighted by molar-refractivity contribution is 0.400. The Hall–Kier alpha value is -6.04. The van der Waals surface area contributed by atoms with E-state index in [0.29, 0.717) is 0 Å². The SMILES string of the molecule is CCCCCCC1(CCCCCC)c2cc(C)ccc2-c2ccc(C)cc21.CCCCCCCCN1c2ccc(C)cc2Oc2cc(C)ccc21.Cc1cc(-c2ccc(-c3cc(C)c(C)s3)c3nsnc23)sc1C.Cc1ccc(C)c2nsnc12. The number of aromatic nitrogens is 4. The molecule has 0 unspecified atom stereocenters. The molecule has 2 aliphatic rings. The molecule has 85 heavy (non-hydrogen) atoms. The minimum Gasteiger partial charge on any atom is -0.453 e. The molecule has 10 aromatic rings. The van der Waals surface area contributed by atoms with E-state index in [1.54, 1.807) is 11.1 Å². The quantitative estimate of drug-likeness (QED) is 0.0752. The van der Waals surface area contributed by atoms with Crippen LogP contribution in [0.25, 0.3) is 54.1 Å². The fourth-order valence-electron chi connectivity index (χ4n) is 12.3. The fourth-order valence-corrected chi connectivity index (χ4v) is 15.6. The van der Waals surface area contributed by atoms with Gasteiger partial charge in [-0.05, 0) is 181 Å². The summed E-state index contributed by atoms with van der Waals surface area (Å²) in [5.41, 5.74) is 25.8. The van der Waals surface area contributed by atoms with Crippen LogP contribution in [0.5, 0.6) is 11.5 Å². The molecule has 0 bridgehead atoms. The smallest absolute Gasteiger partial charge is 0.151 e. The third kappa shape index (κ3) is 14.9. The largest absolute Gasteiger partial charge is 0.453 e. The second-order valence-corrected chi connectivity index (χ2v) is 27.8. The van der Waals surface area contributed by atoms with Crippen molar-refractivity contribution in [2.75, 3.05) is 11.4 Å². The minimum atomic E-state index is 0.240. The van der Waals surface area contributed by atoms with Crippen molar-refractivity contribution < 1.29 is 4.74 Å². The number of fused-ring (bicyclic) bond motifs is 7. The number of thiophene rings is 2. The molecule has 0 atom stereocenters. The zero-order valence-electron chi connectivity index (χ0n) is 53.2. The topological polar surface area (TPSA) is 64.0 Å². The van der Waals surface area contributed by atoms with E-state index in [-0.39, 0.29) is 5.41 Å². The van der Waals surface area contributed by atoms with Crippen molar-refractivity contribution in [3.05, 3.63) is 175 Å². The van der Waals surface area contributed by atoms with Crippen molar-refractivity contribution in [2.24, 2.45) is 0 Å². The average molecular weight is 1210 g/mol. The summed E-state index contributed by atoms with van der Waals surface area (Å²) in [7, 11) is 0. The molecule has 0 spiro atoms. The molecule has 446 valence electrons. The second-order valence-electron chi connectivity index (χ2n) is 24.2. The molecule has 0 saturated heterocycles. The first-order valence-corrected chi connectivity index (χ1v) is 34.7. The van der Waals surface area contributed by atoms with Crippen LogP contribution in [0.3, 0.4) is 0 Å². The maximum Gasteiger partial charge on any atom is 0.151 e. The van der Waals surface area contributed by atoms with Gasteiger partial charge in [-0.1, -0.05) is 188 Å². The van der Waals surface area contributed by atoms with E-state index in [1.165, 1.54) is 224 Å². The van der Waals surface area contributed by atoms with Gasteiger partial charge in [0.2, 0.25) is 0 Å². The van der Waals surface area contributed by atoms with Gasteiger partial charge in [0, 0.05) is 42.6 Å². The molecule has 5 heterocycles. The zero-order valence-corrected chi connectivity index (χ0v) is 56.5. The normalized spacial score (nSPS) is 12.6. The highest BCUT2D eigenvalue weighted by Crippen LogP contribution is 2.55. The first kappa shape index (κ1) is 63.5. The molecule has 6 nitrogen and oxygen atoms in total. The van der Waals surface area contributed by atoms with Crippen molar-refractivity contribution in [1.82, 2.24) is 17.5 Å². The summed E-state index contributed by atoms with van der Waals surface area (Å²) in [6.45, 7) is 29.5. The molecule has 0 saturated carbocycles. The van der Waals surface area contributed by atoms with Crippen molar-refractivity contribution in [2.45, 2.75) is 198 Å². The molecular weight excluding hydrogens is 1120 g/mol. The minimum absolute atomic E-state index is 0.240. The number of anilines is 2. The van der Waals surface area contributed by atoms with E-state index in [1.807, 2.05) is 22.7 Å². The third-order valence-corrected chi connectivity index (χ3v) is 20.9. The highest BCUT2D eigenvalue weighted by atomic mass is 32.1. The van der Waals surface area contributed by atoms with Crippen molar-refractivity contribution in [3.8, 4) is 43.5 Å². The van der Waals surface area contributed by atoms with Gasteiger partial charge in [-0.2, -0.15) is 17.5 Å². The summed E-state index contributed by atoms with van der Waals surface area (Å²) in [6, 6.07) is 40.5. The predicted molar refractivity (Wildman–Crippen MR) is 372 cm³/mol. The number of rotatable bonds is 19. The van der Waals surface area contributed by atoms with Crippen molar-refractivity contribution >= 4 is 79.6 Å². The van der Waals surface area contributed by atoms with Gasteiger partial charge in [-0.3, -0.25) is 0 Å². The van der Waals surface area contributed by atoms with Gasteiger partial charge in [-0.15, -0.1) is 22.7 Å². The second kappa shape index (κ2) is 29.6. The Balaban J connectivity index is 0.000000140. The molecule has 12 rings (SSSR count). The number of aryl methyl sites for hydroxylation is 10. The molecule has 1 aliphatic carbocycles. The molecule has 6 aromatic carbocycles. The number of hydrogen-bond acceptors (Lipinski definition) is 10. The Morgan fingerprint density at radius 3 is 1.18 bits per heavy atom. The summed E-state index contributed by atoms with van der Waals surface area (Å²) in [6.07, 6.45) is 21.3. The Labute approximate surface area is 525 Å². The predicted octanol–water partition coefficient (Wildman–Crippen LogP) is 24.1. The molecular formula is C75H91N5OS4. The summed E-state index contributed by atoms with van der Waals surface area (Å²) in [5, 5.41) is 0. The highest BCUT2D eigenvalue weighted by molar-refractivity contribution is 7.16. The van der Waals surface area contributed by atoms with Crippen LogP contribution in [-0.4, -0.2) is 24.0 Å². The number of hydrogen-bond donors (Lipinski definition) is 0. The van der Waals surface area contributed by atoms with Crippen LogP contribution in [0.15, 0.2) is 109 Å². The van der Waals surface area contributed by atoms with Gasteiger partial charge in [0.05, 0.1) is 34.8 Å². The number of ether oxygens (including phenoxy) is 1. The van der Waals surface area contributed by atoms with Gasteiger partial charge in [0.1, 0.15) is 22.1 Å². The molecule has 1 aliphatic heterocycles. The van der Waals surface area contributed by atoms with E-state index in [4.69, 9.17) is 4.74 Å². The van der Waals surface area contributed by atoms with E-state index in [9.17, 15) is 0 Å². The van der Waals surface area contributed by atoms with Gasteiger partial charge in [0.15, 0.2) is 11.5 Å². The monoisotopic (exact) mass is 1210 g/mol.